The summed E-state index contributed by atoms with van der Waals surface area (Å²) in [4.78, 5) is 30.8. The zero-order chi connectivity index (χ0) is 17.2. The second-order valence-electron chi connectivity index (χ2n) is 5.99. The molecule has 0 unspecified atom stereocenters. The van der Waals surface area contributed by atoms with Gasteiger partial charge in [0.05, 0.1) is 17.0 Å². The summed E-state index contributed by atoms with van der Waals surface area (Å²) in [6, 6.07) is 9.57. The highest BCUT2D eigenvalue weighted by molar-refractivity contribution is 9.10. The van der Waals surface area contributed by atoms with Crippen molar-refractivity contribution in [1.29, 1.82) is 0 Å². The second kappa shape index (κ2) is 6.85. The van der Waals surface area contributed by atoms with E-state index in [0.29, 0.717) is 18.9 Å². The van der Waals surface area contributed by atoms with Crippen LogP contribution in [0.5, 0.6) is 0 Å². The van der Waals surface area contributed by atoms with Gasteiger partial charge in [0.1, 0.15) is 10.4 Å². The molecule has 6 nitrogen and oxygen atoms in total. The molecule has 126 valence electrons. The van der Waals surface area contributed by atoms with Crippen LogP contribution in [0.25, 0.3) is 11.4 Å². The van der Waals surface area contributed by atoms with E-state index in [-0.39, 0.29) is 5.56 Å². The van der Waals surface area contributed by atoms with Crippen molar-refractivity contribution in [3.05, 3.63) is 74.6 Å². The van der Waals surface area contributed by atoms with E-state index in [4.69, 9.17) is 0 Å². The van der Waals surface area contributed by atoms with Crippen LogP contribution in [-0.4, -0.2) is 31.4 Å². The van der Waals surface area contributed by atoms with Crippen molar-refractivity contribution in [1.82, 2.24) is 24.8 Å². The van der Waals surface area contributed by atoms with E-state index in [2.05, 4.69) is 40.8 Å². The standard InChI is InChI=1S/C18H16BrN5O/c19-16-3-1-2-13(21-16)10-24-9-6-15-14(11-24)18(25)23-17(22-15)12-4-7-20-8-5-12/h1-5,7-8H,6,9-11H2,(H,22,23,25). The van der Waals surface area contributed by atoms with Crippen LogP contribution in [0, 0.1) is 0 Å². The minimum absolute atomic E-state index is 0.0660. The Balaban J connectivity index is 1.58. The average molecular weight is 398 g/mol. The molecule has 0 saturated heterocycles. The van der Waals surface area contributed by atoms with Crippen molar-refractivity contribution < 1.29 is 0 Å². The summed E-state index contributed by atoms with van der Waals surface area (Å²) in [5, 5.41) is 0. The van der Waals surface area contributed by atoms with Gasteiger partial charge < -0.3 is 4.98 Å². The van der Waals surface area contributed by atoms with E-state index in [1.54, 1.807) is 12.4 Å². The number of nitrogens with zero attached hydrogens (tertiary/aromatic N) is 4. The zero-order valence-electron chi connectivity index (χ0n) is 13.4. The number of pyridine rings is 2. The molecule has 0 amide bonds. The van der Waals surface area contributed by atoms with E-state index < -0.39 is 0 Å². The van der Waals surface area contributed by atoms with Gasteiger partial charge >= 0.3 is 0 Å². The third-order valence-corrected chi connectivity index (χ3v) is 4.70. The van der Waals surface area contributed by atoms with Crippen molar-refractivity contribution >= 4 is 15.9 Å². The minimum Gasteiger partial charge on any atom is -0.306 e. The van der Waals surface area contributed by atoms with Gasteiger partial charge in [0.25, 0.3) is 5.56 Å². The second-order valence-corrected chi connectivity index (χ2v) is 6.80. The summed E-state index contributed by atoms with van der Waals surface area (Å²) in [5.41, 5.74) is 3.42. The van der Waals surface area contributed by atoms with E-state index in [9.17, 15) is 4.79 Å². The van der Waals surface area contributed by atoms with Gasteiger partial charge in [-0.15, -0.1) is 0 Å². The van der Waals surface area contributed by atoms with Crippen LogP contribution in [-0.2, 0) is 19.5 Å². The number of rotatable bonds is 3. The summed E-state index contributed by atoms with van der Waals surface area (Å²) in [7, 11) is 0. The number of H-pyrrole nitrogens is 1. The molecule has 3 aromatic heterocycles. The van der Waals surface area contributed by atoms with Crippen LogP contribution < -0.4 is 5.56 Å². The summed E-state index contributed by atoms with van der Waals surface area (Å²) >= 11 is 3.40. The smallest absolute Gasteiger partial charge is 0.255 e. The molecule has 0 radical (unpaired) electrons. The lowest BCUT2D eigenvalue weighted by molar-refractivity contribution is 0.239. The maximum Gasteiger partial charge on any atom is 0.255 e. The third-order valence-electron chi connectivity index (χ3n) is 4.26. The van der Waals surface area contributed by atoms with E-state index in [1.165, 1.54) is 0 Å². The molecular formula is C18H16BrN5O. The lowest BCUT2D eigenvalue weighted by atomic mass is 10.1. The lowest BCUT2D eigenvalue weighted by Crippen LogP contribution is -2.35. The number of halogens is 1. The Morgan fingerprint density at radius 2 is 2.00 bits per heavy atom. The van der Waals surface area contributed by atoms with Crippen molar-refractivity contribution in [2.45, 2.75) is 19.5 Å². The first-order valence-electron chi connectivity index (χ1n) is 8.05. The number of fused-ring (bicyclic) bond motifs is 1. The zero-order valence-corrected chi connectivity index (χ0v) is 15.0. The van der Waals surface area contributed by atoms with Crippen molar-refractivity contribution in [3.8, 4) is 11.4 Å². The Bertz CT molecular complexity index is 957. The van der Waals surface area contributed by atoms with E-state index in [1.807, 2.05) is 30.3 Å². The highest BCUT2D eigenvalue weighted by atomic mass is 79.9. The number of aromatic amines is 1. The van der Waals surface area contributed by atoms with Crippen molar-refractivity contribution in [3.63, 3.8) is 0 Å². The van der Waals surface area contributed by atoms with E-state index in [0.717, 1.165) is 40.1 Å². The van der Waals surface area contributed by atoms with Gasteiger partial charge in [-0.05, 0) is 40.2 Å². The van der Waals surface area contributed by atoms with E-state index >= 15 is 0 Å². The molecule has 4 heterocycles. The molecule has 0 aliphatic carbocycles. The molecule has 25 heavy (non-hydrogen) atoms. The van der Waals surface area contributed by atoms with Gasteiger partial charge in [-0.3, -0.25) is 14.7 Å². The number of hydrogen-bond acceptors (Lipinski definition) is 5. The molecule has 0 atom stereocenters. The average Bonchev–Trinajstić information content (AvgIpc) is 2.63. The van der Waals surface area contributed by atoms with Crippen molar-refractivity contribution in [2.75, 3.05) is 6.54 Å². The molecule has 4 rings (SSSR count). The third kappa shape index (κ3) is 3.52. The Morgan fingerprint density at radius 3 is 2.80 bits per heavy atom. The van der Waals surface area contributed by atoms with Gasteiger partial charge in [0.2, 0.25) is 0 Å². The summed E-state index contributed by atoms with van der Waals surface area (Å²) in [5.74, 6) is 0.605. The quantitative estimate of drug-likeness (QED) is 0.687. The minimum atomic E-state index is -0.0660. The van der Waals surface area contributed by atoms with Gasteiger partial charge in [0, 0.05) is 44.0 Å². The lowest BCUT2D eigenvalue weighted by Gasteiger charge is -2.27. The molecule has 7 heteroatoms. The molecule has 3 aromatic rings. The van der Waals surface area contributed by atoms with Crippen LogP contribution in [0.3, 0.4) is 0 Å². The van der Waals surface area contributed by atoms with Gasteiger partial charge in [-0.25, -0.2) is 9.97 Å². The molecule has 0 fully saturated rings. The number of hydrogen-bond donors (Lipinski definition) is 1. The normalized spacial score (nSPS) is 14.3. The predicted octanol–water partition coefficient (Wildman–Crippen LogP) is 2.55. The van der Waals surface area contributed by atoms with Gasteiger partial charge in [-0.2, -0.15) is 0 Å². The largest absolute Gasteiger partial charge is 0.306 e. The molecule has 1 N–H and O–H groups in total. The summed E-state index contributed by atoms with van der Waals surface area (Å²) in [6.07, 6.45) is 4.15. The number of nitrogens with one attached hydrogen (secondary N) is 1. The topological polar surface area (TPSA) is 74.8 Å². The Kier molecular flexibility index (Phi) is 4.42. The Hall–Kier alpha value is -2.38. The molecule has 0 spiro atoms. The first-order valence-corrected chi connectivity index (χ1v) is 8.84. The van der Waals surface area contributed by atoms with Gasteiger partial charge in [-0.1, -0.05) is 6.07 Å². The highest BCUT2D eigenvalue weighted by Gasteiger charge is 2.21. The molecule has 1 aliphatic heterocycles. The molecular weight excluding hydrogens is 382 g/mol. The van der Waals surface area contributed by atoms with Crippen molar-refractivity contribution in [2.24, 2.45) is 0 Å². The summed E-state index contributed by atoms with van der Waals surface area (Å²) < 4.78 is 0.823. The summed E-state index contributed by atoms with van der Waals surface area (Å²) in [6.45, 7) is 2.15. The highest BCUT2D eigenvalue weighted by Crippen LogP contribution is 2.19. The number of aromatic nitrogens is 4. The van der Waals surface area contributed by atoms with Crippen LogP contribution in [0.4, 0.5) is 0 Å². The predicted molar refractivity (Wildman–Crippen MR) is 97.8 cm³/mol. The molecule has 1 aliphatic rings. The molecule has 0 saturated carbocycles. The maximum absolute atomic E-state index is 12.5. The maximum atomic E-state index is 12.5. The fourth-order valence-electron chi connectivity index (χ4n) is 3.03. The van der Waals surface area contributed by atoms with Crippen LogP contribution >= 0.6 is 15.9 Å². The fraction of sp³-hybridized carbons (Fsp3) is 0.222. The van der Waals surface area contributed by atoms with Crippen LogP contribution in [0.15, 0.2) is 52.1 Å². The molecule has 0 aromatic carbocycles. The van der Waals surface area contributed by atoms with Crippen LogP contribution in [0.2, 0.25) is 0 Å². The Morgan fingerprint density at radius 1 is 1.16 bits per heavy atom. The molecule has 0 bridgehead atoms. The fourth-order valence-corrected chi connectivity index (χ4v) is 3.41. The monoisotopic (exact) mass is 397 g/mol. The Labute approximate surface area is 153 Å². The first kappa shape index (κ1) is 16.1. The van der Waals surface area contributed by atoms with Crippen LogP contribution in [0.1, 0.15) is 17.0 Å². The first-order chi connectivity index (χ1) is 12.2. The SMILES string of the molecule is O=c1[nH]c(-c2ccncc2)nc2c1CN(Cc1cccc(Br)n1)CC2. The van der Waals surface area contributed by atoms with Gasteiger partial charge in [0.15, 0.2) is 0 Å².